The van der Waals surface area contributed by atoms with Crippen molar-refractivity contribution < 1.29 is 62.1 Å². The zero-order valence-electron chi connectivity index (χ0n) is 19.2. The molecule has 1 heterocycles. The second kappa shape index (κ2) is 17.2. The van der Waals surface area contributed by atoms with Crippen LogP contribution < -0.4 is 29.6 Å². The fourth-order valence-electron chi connectivity index (χ4n) is 3.64. The molecule has 174 valence electrons. The number of carbonyl (C=O) groups excluding carboxylic acids is 1. The van der Waals surface area contributed by atoms with Crippen LogP contribution in [0.4, 0.5) is 0 Å². The van der Waals surface area contributed by atoms with E-state index in [0.717, 1.165) is 38.5 Å². The van der Waals surface area contributed by atoms with E-state index in [1.165, 1.54) is 12.8 Å². The van der Waals surface area contributed by atoms with Gasteiger partial charge in [-0.1, -0.05) is 44.8 Å². The van der Waals surface area contributed by atoms with E-state index >= 15 is 0 Å². The van der Waals surface area contributed by atoms with Crippen LogP contribution in [-0.4, -0.2) is 88.9 Å². The first-order valence-electron chi connectivity index (χ1n) is 11.1. The van der Waals surface area contributed by atoms with Gasteiger partial charge >= 0.3 is 35.4 Å². The molecule has 0 fully saturated rings. The fraction of sp³-hybridized carbons (Fsp3) is 0.810. The number of amidine groups is 1. The van der Waals surface area contributed by atoms with Crippen molar-refractivity contribution >= 4 is 21.7 Å². The van der Waals surface area contributed by atoms with Crippen molar-refractivity contribution in [3.05, 3.63) is 12.2 Å². The van der Waals surface area contributed by atoms with Crippen LogP contribution >= 0.6 is 0 Å². The number of aliphatic hydroxyl groups is 2. The standard InChI is InChI=1S/C21H38N2O6S.Na/c1-2-3-4-5-6-7-8-9-10-11-12-20(26)21-22(15-16-24)13-14-23(21)17-19(25)18-30(27,28)29;/h5-6,19,24-25H,2-4,7-18H2,1H3;/q;+1/b6-5+;. The Bertz CT molecular complexity index is 681. The third kappa shape index (κ3) is 13.8. The molecule has 0 bridgehead atoms. The SMILES string of the molecule is CCCC/C=C/CCCCCCC(=O)C1=[N+](CC(O)CS(=O)(=O)[O-])CCN1CCO.[Na+]. The Labute approximate surface area is 209 Å². The zero-order valence-corrected chi connectivity index (χ0v) is 22.0. The average molecular weight is 470 g/mol. The summed E-state index contributed by atoms with van der Waals surface area (Å²) in [4.78, 5) is 14.5. The summed E-state index contributed by atoms with van der Waals surface area (Å²) in [6, 6.07) is 0. The van der Waals surface area contributed by atoms with Crippen LogP contribution in [0.3, 0.4) is 0 Å². The smallest absolute Gasteiger partial charge is 0.748 e. The molecule has 1 unspecified atom stereocenters. The zero-order chi connectivity index (χ0) is 22.4. The van der Waals surface area contributed by atoms with E-state index in [2.05, 4.69) is 19.1 Å². The number of rotatable bonds is 17. The molecule has 0 aromatic rings. The molecule has 0 spiro atoms. The van der Waals surface area contributed by atoms with Gasteiger partial charge in [0.1, 0.15) is 32.3 Å². The van der Waals surface area contributed by atoms with E-state index < -0.39 is 22.0 Å². The Morgan fingerprint density at radius 1 is 1.19 bits per heavy atom. The number of carbonyl (C=O) groups is 1. The number of aliphatic hydroxyl groups excluding tert-OH is 2. The fourth-order valence-corrected chi connectivity index (χ4v) is 4.21. The average Bonchev–Trinajstić information content (AvgIpc) is 3.04. The van der Waals surface area contributed by atoms with Crippen LogP contribution in [0.15, 0.2) is 12.2 Å². The number of hydrogen-bond donors (Lipinski definition) is 2. The maximum Gasteiger partial charge on any atom is 1.00 e. The summed E-state index contributed by atoms with van der Waals surface area (Å²) in [7, 11) is -4.54. The van der Waals surface area contributed by atoms with Crippen molar-refractivity contribution in [2.75, 3.05) is 38.5 Å². The molecule has 1 atom stereocenters. The quantitative estimate of drug-likeness (QED) is 0.0854. The number of hydrogen-bond acceptors (Lipinski definition) is 7. The van der Waals surface area contributed by atoms with Crippen molar-refractivity contribution in [3.63, 3.8) is 0 Å². The van der Waals surface area contributed by atoms with Gasteiger partial charge in [0.15, 0.2) is 0 Å². The minimum Gasteiger partial charge on any atom is -0.748 e. The van der Waals surface area contributed by atoms with Gasteiger partial charge in [-0.05, 0) is 25.7 Å². The van der Waals surface area contributed by atoms with Crippen molar-refractivity contribution in [3.8, 4) is 0 Å². The van der Waals surface area contributed by atoms with Crippen molar-refractivity contribution in [1.29, 1.82) is 0 Å². The maximum atomic E-state index is 12.8. The maximum absolute atomic E-state index is 12.8. The van der Waals surface area contributed by atoms with Crippen LogP contribution in [0, 0.1) is 0 Å². The molecule has 0 aliphatic carbocycles. The second-order valence-corrected chi connectivity index (χ2v) is 9.30. The van der Waals surface area contributed by atoms with Gasteiger partial charge in [0.25, 0.3) is 0 Å². The molecule has 10 heteroatoms. The largest absolute Gasteiger partial charge is 1.00 e. The van der Waals surface area contributed by atoms with E-state index in [9.17, 15) is 28.0 Å². The summed E-state index contributed by atoms with van der Waals surface area (Å²) >= 11 is 0. The van der Waals surface area contributed by atoms with Gasteiger partial charge in [0, 0.05) is 6.42 Å². The van der Waals surface area contributed by atoms with Gasteiger partial charge in [-0.15, -0.1) is 0 Å². The van der Waals surface area contributed by atoms with Crippen LogP contribution in [0.25, 0.3) is 0 Å². The summed E-state index contributed by atoms with van der Waals surface area (Å²) in [5.74, 6) is -0.541. The van der Waals surface area contributed by atoms with Gasteiger partial charge in [0.05, 0.1) is 22.5 Å². The molecular weight excluding hydrogens is 431 g/mol. The van der Waals surface area contributed by atoms with Gasteiger partial charge in [-0.25, -0.2) is 8.42 Å². The normalized spacial score (nSPS) is 15.5. The van der Waals surface area contributed by atoms with Gasteiger partial charge < -0.3 is 14.8 Å². The molecule has 1 rings (SSSR count). The van der Waals surface area contributed by atoms with Gasteiger partial charge in [-0.3, -0.25) is 14.3 Å². The Balaban J connectivity index is 0.00000900. The van der Waals surface area contributed by atoms with Crippen LogP contribution in [0.1, 0.15) is 64.7 Å². The summed E-state index contributed by atoms with van der Waals surface area (Å²) in [6.45, 7) is 3.26. The summed E-state index contributed by atoms with van der Waals surface area (Å²) in [5.41, 5.74) is 0. The third-order valence-corrected chi connectivity index (χ3v) is 5.89. The van der Waals surface area contributed by atoms with E-state index in [4.69, 9.17) is 0 Å². The Hall–Kier alpha value is -0.290. The molecule has 0 radical (unpaired) electrons. The molecule has 0 saturated carbocycles. The van der Waals surface area contributed by atoms with Crippen molar-refractivity contribution in [2.45, 2.75) is 70.8 Å². The molecule has 31 heavy (non-hydrogen) atoms. The number of ketones is 1. The number of Topliss-reactive ketones (excluding diaryl/α,β-unsaturated/α-hetero) is 1. The number of unbranched alkanes of at least 4 members (excludes halogenated alkanes) is 6. The second-order valence-electron chi connectivity index (χ2n) is 7.85. The molecule has 0 saturated heterocycles. The van der Waals surface area contributed by atoms with Gasteiger partial charge in [-0.2, -0.15) is 0 Å². The molecule has 0 amide bonds. The number of allylic oxidation sites excluding steroid dienone is 2. The Morgan fingerprint density at radius 3 is 2.45 bits per heavy atom. The first-order valence-corrected chi connectivity index (χ1v) is 12.6. The Kier molecular flexibility index (Phi) is 17.1. The predicted octanol–water partition coefficient (Wildman–Crippen LogP) is -1.73. The third-order valence-electron chi connectivity index (χ3n) is 5.10. The van der Waals surface area contributed by atoms with Crippen molar-refractivity contribution in [2.24, 2.45) is 0 Å². The van der Waals surface area contributed by atoms with E-state index in [0.29, 0.717) is 31.9 Å². The van der Waals surface area contributed by atoms with E-state index in [1.807, 2.05) is 0 Å². The molecule has 0 aromatic carbocycles. The molecular formula is C21H38N2NaO6S+. The van der Waals surface area contributed by atoms with Gasteiger partial charge in [0.2, 0.25) is 5.78 Å². The summed E-state index contributed by atoms with van der Waals surface area (Å²) < 4.78 is 34.2. The monoisotopic (exact) mass is 469 g/mol. The molecule has 0 aromatic heterocycles. The molecule has 1 aliphatic rings. The van der Waals surface area contributed by atoms with Crippen LogP contribution in [0.5, 0.6) is 0 Å². The topological polar surface area (TPSA) is 121 Å². The number of β-amino-alcohol motifs (C(OH)–C–C–N with tert-alkyl or cyclic N) is 2. The van der Waals surface area contributed by atoms with E-state index in [-0.39, 0.29) is 48.5 Å². The molecule has 2 N–H and O–H groups in total. The molecule has 1 aliphatic heterocycles. The number of nitrogens with zero attached hydrogens (tertiary/aromatic N) is 2. The first-order chi connectivity index (χ1) is 14.3. The minimum absolute atomic E-state index is 0. The molecule has 8 nitrogen and oxygen atoms in total. The Morgan fingerprint density at radius 2 is 1.84 bits per heavy atom. The minimum atomic E-state index is -4.54. The van der Waals surface area contributed by atoms with E-state index in [1.54, 1.807) is 9.48 Å². The van der Waals surface area contributed by atoms with Crippen LogP contribution in [-0.2, 0) is 14.9 Å². The predicted molar refractivity (Wildman–Crippen MR) is 116 cm³/mol. The summed E-state index contributed by atoms with van der Waals surface area (Å²) in [6.07, 6.45) is 12.0. The van der Waals surface area contributed by atoms with Crippen LogP contribution in [0.2, 0.25) is 0 Å². The van der Waals surface area contributed by atoms with Crippen molar-refractivity contribution in [1.82, 2.24) is 4.90 Å². The summed E-state index contributed by atoms with van der Waals surface area (Å²) in [5, 5.41) is 19.2. The first kappa shape index (κ1) is 30.7.